The van der Waals surface area contributed by atoms with E-state index in [1.165, 1.54) is 0 Å². The molecule has 0 bridgehead atoms. The molecule has 18 heavy (non-hydrogen) atoms. The maximum absolute atomic E-state index is 12.1. The highest BCUT2D eigenvalue weighted by Gasteiger charge is 2.29. The molecule has 1 saturated heterocycles. The van der Waals surface area contributed by atoms with Crippen molar-refractivity contribution in [1.29, 1.82) is 0 Å². The van der Waals surface area contributed by atoms with Crippen molar-refractivity contribution in [3.63, 3.8) is 0 Å². The molecular weight excluding hydrogens is 232 g/mol. The van der Waals surface area contributed by atoms with Gasteiger partial charge in [-0.25, -0.2) is 0 Å². The van der Waals surface area contributed by atoms with Crippen molar-refractivity contribution in [2.45, 2.75) is 38.9 Å². The van der Waals surface area contributed by atoms with E-state index in [-0.39, 0.29) is 18.1 Å². The molecule has 0 saturated carbocycles. The van der Waals surface area contributed by atoms with Crippen LogP contribution in [0.1, 0.15) is 26.7 Å². The van der Waals surface area contributed by atoms with E-state index in [1.54, 1.807) is 7.11 Å². The minimum Gasteiger partial charge on any atom is -0.379 e. The number of methoxy groups -OCH3 is 1. The van der Waals surface area contributed by atoms with E-state index in [0.717, 1.165) is 13.0 Å². The monoisotopic (exact) mass is 258 g/mol. The number of carbonyl (C=O) groups excluding carboxylic acids is 1. The van der Waals surface area contributed by atoms with Crippen LogP contribution in [0.15, 0.2) is 0 Å². The van der Waals surface area contributed by atoms with E-state index >= 15 is 0 Å². The first kappa shape index (κ1) is 15.4. The molecule has 1 fully saturated rings. The van der Waals surface area contributed by atoms with Crippen LogP contribution in [0.2, 0.25) is 0 Å². The standard InChI is InChI=1S/C13H26N2O3/c1-4-18-11(8-14)7-13(16)15-6-5-10(2)12(9-15)17-3/h10-12H,4-9,14H2,1-3H3. The number of nitrogens with zero attached hydrogens (tertiary/aromatic N) is 1. The number of hydrogen-bond donors (Lipinski definition) is 1. The Morgan fingerprint density at radius 1 is 1.56 bits per heavy atom. The molecule has 5 nitrogen and oxygen atoms in total. The number of rotatable bonds is 6. The predicted molar refractivity (Wildman–Crippen MR) is 70.2 cm³/mol. The molecule has 0 spiro atoms. The van der Waals surface area contributed by atoms with E-state index < -0.39 is 0 Å². The normalized spacial score (nSPS) is 26.1. The third kappa shape index (κ3) is 4.23. The van der Waals surface area contributed by atoms with Crippen LogP contribution in [0.4, 0.5) is 0 Å². The topological polar surface area (TPSA) is 64.8 Å². The van der Waals surface area contributed by atoms with E-state index in [2.05, 4.69) is 6.92 Å². The lowest BCUT2D eigenvalue weighted by Gasteiger charge is -2.36. The molecule has 106 valence electrons. The smallest absolute Gasteiger partial charge is 0.225 e. The fourth-order valence-corrected chi connectivity index (χ4v) is 2.34. The number of nitrogens with two attached hydrogens (primary N) is 1. The van der Waals surface area contributed by atoms with Gasteiger partial charge in [-0.2, -0.15) is 0 Å². The van der Waals surface area contributed by atoms with Gasteiger partial charge in [0.1, 0.15) is 0 Å². The lowest BCUT2D eigenvalue weighted by molar-refractivity contribution is -0.139. The minimum absolute atomic E-state index is 0.118. The second-order valence-electron chi connectivity index (χ2n) is 4.90. The first-order valence-corrected chi connectivity index (χ1v) is 6.74. The molecule has 0 aromatic heterocycles. The molecule has 1 aliphatic heterocycles. The average molecular weight is 258 g/mol. The van der Waals surface area contributed by atoms with Gasteiger partial charge < -0.3 is 20.1 Å². The second-order valence-corrected chi connectivity index (χ2v) is 4.90. The zero-order valence-electron chi connectivity index (χ0n) is 11.7. The van der Waals surface area contributed by atoms with Crippen LogP contribution < -0.4 is 5.73 Å². The number of piperidine rings is 1. The molecule has 1 heterocycles. The van der Waals surface area contributed by atoms with Gasteiger partial charge in [-0.3, -0.25) is 4.79 Å². The maximum Gasteiger partial charge on any atom is 0.225 e. The molecule has 3 unspecified atom stereocenters. The third-order valence-electron chi connectivity index (χ3n) is 3.61. The van der Waals surface area contributed by atoms with Gasteiger partial charge in [-0.05, 0) is 19.3 Å². The quantitative estimate of drug-likeness (QED) is 0.758. The molecule has 5 heteroatoms. The Labute approximate surface area is 110 Å². The highest BCUT2D eigenvalue weighted by molar-refractivity contribution is 5.76. The molecule has 0 aliphatic carbocycles. The molecule has 1 aliphatic rings. The van der Waals surface area contributed by atoms with Gasteiger partial charge in [0.25, 0.3) is 0 Å². The summed E-state index contributed by atoms with van der Waals surface area (Å²) in [6.45, 7) is 6.54. The highest BCUT2D eigenvalue weighted by Crippen LogP contribution is 2.20. The van der Waals surface area contributed by atoms with Crippen LogP contribution in [0.3, 0.4) is 0 Å². The molecule has 1 amide bonds. The van der Waals surface area contributed by atoms with Crippen LogP contribution >= 0.6 is 0 Å². The summed E-state index contributed by atoms with van der Waals surface area (Å²) < 4.78 is 10.8. The molecular formula is C13H26N2O3. The fraction of sp³-hybridized carbons (Fsp3) is 0.923. The third-order valence-corrected chi connectivity index (χ3v) is 3.61. The van der Waals surface area contributed by atoms with E-state index in [1.807, 2.05) is 11.8 Å². The molecule has 0 aromatic carbocycles. The van der Waals surface area contributed by atoms with Gasteiger partial charge in [0, 0.05) is 33.4 Å². The van der Waals surface area contributed by atoms with Gasteiger partial charge in [0.05, 0.1) is 18.6 Å². The number of amides is 1. The van der Waals surface area contributed by atoms with E-state index in [9.17, 15) is 4.79 Å². The maximum atomic E-state index is 12.1. The number of carbonyl (C=O) groups is 1. The van der Waals surface area contributed by atoms with Crippen molar-refractivity contribution in [2.24, 2.45) is 11.7 Å². The van der Waals surface area contributed by atoms with Crippen molar-refractivity contribution in [3.8, 4) is 0 Å². The summed E-state index contributed by atoms with van der Waals surface area (Å²) in [4.78, 5) is 14.0. The molecule has 2 N–H and O–H groups in total. The minimum atomic E-state index is -0.164. The number of ether oxygens (including phenoxy) is 2. The van der Waals surface area contributed by atoms with Crippen LogP contribution in [0, 0.1) is 5.92 Å². The largest absolute Gasteiger partial charge is 0.379 e. The van der Waals surface area contributed by atoms with Crippen LogP contribution in [0.25, 0.3) is 0 Å². The van der Waals surface area contributed by atoms with Crippen LogP contribution in [-0.4, -0.2) is 56.4 Å². The molecule has 0 aromatic rings. The van der Waals surface area contributed by atoms with Crippen LogP contribution in [-0.2, 0) is 14.3 Å². The van der Waals surface area contributed by atoms with Gasteiger partial charge in [-0.1, -0.05) is 6.92 Å². The Bertz CT molecular complexity index is 261. The lowest BCUT2D eigenvalue weighted by atomic mass is 9.95. The van der Waals surface area contributed by atoms with Gasteiger partial charge in [0.15, 0.2) is 0 Å². The van der Waals surface area contributed by atoms with Crippen molar-refractivity contribution >= 4 is 5.91 Å². The number of likely N-dealkylation sites (tertiary alicyclic amines) is 1. The first-order valence-electron chi connectivity index (χ1n) is 6.74. The highest BCUT2D eigenvalue weighted by atomic mass is 16.5. The predicted octanol–water partition coefficient (Wildman–Crippen LogP) is 0.624. The van der Waals surface area contributed by atoms with Crippen molar-refractivity contribution in [3.05, 3.63) is 0 Å². The molecule has 3 atom stereocenters. The van der Waals surface area contributed by atoms with Gasteiger partial charge in [-0.15, -0.1) is 0 Å². The van der Waals surface area contributed by atoms with Gasteiger partial charge in [0.2, 0.25) is 5.91 Å². The average Bonchev–Trinajstić information content (AvgIpc) is 2.38. The summed E-state index contributed by atoms with van der Waals surface area (Å²) >= 11 is 0. The Morgan fingerprint density at radius 3 is 2.83 bits per heavy atom. The molecule has 0 radical (unpaired) electrons. The zero-order valence-corrected chi connectivity index (χ0v) is 11.7. The SMILES string of the molecule is CCOC(CN)CC(=O)N1CCC(C)C(OC)C1. The fourth-order valence-electron chi connectivity index (χ4n) is 2.34. The summed E-state index contributed by atoms with van der Waals surface area (Å²) in [6, 6.07) is 0. The lowest BCUT2D eigenvalue weighted by Crippen LogP contribution is -2.47. The van der Waals surface area contributed by atoms with E-state index in [0.29, 0.717) is 32.0 Å². The Hall–Kier alpha value is -0.650. The zero-order chi connectivity index (χ0) is 13.5. The summed E-state index contributed by atoms with van der Waals surface area (Å²) in [5.74, 6) is 0.629. The summed E-state index contributed by atoms with van der Waals surface area (Å²) in [6.07, 6.45) is 1.34. The van der Waals surface area contributed by atoms with Crippen molar-refractivity contribution in [2.75, 3.05) is 33.4 Å². The van der Waals surface area contributed by atoms with Gasteiger partial charge >= 0.3 is 0 Å². The van der Waals surface area contributed by atoms with Crippen LogP contribution in [0.5, 0.6) is 0 Å². The summed E-state index contributed by atoms with van der Waals surface area (Å²) in [5, 5.41) is 0. The summed E-state index contributed by atoms with van der Waals surface area (Å²) in [5.41, 5.74) is 5.59. The second kappa shape index (κ2) is 7.71. The Kier molecular flexibility index (Phi) is 6.60. The Morgan fingerprint density at radius 2 is 2.28 bits per heavy atom. The molecule has 1 rings (SSSR count). The van der Waals surface area contributed by atoms with E-state index in [4.69, 9.17) is 15.2 Å². The van der Waals surface area contributed by atoms with Crippen molar-refractivity contribution in [1.82, 2.24) is 4.90 Å². The first-order chi connectivity index (χ1) is 8.62. The Balaban J connectivity index is 2.46. The number of hydrogen-bond acceptors (Lipinski definition) is 4. The summed E-state index contributed by atoms with van der Waals surface area (Å²) in [7, 11) is 1.71. The van der Waals surface area contributed by atoms with Crippen molar-refractivity contribution < 1.29 is 14.3 Å².